The number of benzene rings is 2. The average Bonchev–Trinajstić information content (AvgIpc) is 2.97. The van der Waals surface area contributed by atoms with Crippen molar-refractivity contribution in [2.75, 3.05) is 11.4 Å². The van der Waals surface area contributed by atoms with Crippen molar-refractivity contribution >= 4 is 17.6 Å². The van der Waals surface area contributed by atoms with Gasteiger partial charge in [-0.2, -0.15) is 0 Å². The molecule has 5 nitrogen and oxygen atoms in total. The molecule has 0 spiro atoms. The van der Waals surface area contributed by atoms with E-state index in [0.717, 1.165) is 16.9 Å². The van der Waals surface area contributed by atoms with E-state index < -0.39 is 11.9 Å². The van der Waals surface area contributed by atoms with Crippen molar-refractivity contribution in [3.8, 4) is 11.5 Å². The van der Waals surface area contributed by atoms with Gasteiger partial charge in [0.15, 0.2) is 0 Å². The quantitative estimate of drug-likeness (QED) is 0.868. The number of hydrogen-bond donors (Lipinski definition) is 1. The zero-order valence-electron chi connectivity index (χ0n) is 15.2. The van der Waals surface area contributed by atoms with Crippen LogP contribution in [0, 0.1) is 12.8 Å². The summed E-state index contributed by atoms with van der Waals surface area (Å²) >= 11 is 0. The maximum atomic E-state index is 12.1. The minimum absolute atomic E-state index is 0.0502. The largest absolute Gasteiger partial charge is 0.481 e. The van der Waals surface area contributed by atoms with Crippen LogP contribution in [0.5, 0.6) is 11.5 Å². The molecule has 1 atom stereocenters. The van der Waals surface area contributed by atoms with E-state index in [1.165, 1.54) is 4.90 Å². The fourth-order valence-electron chi connectivity index (χ4n) is 3.15. The van der Waals surface area contributed by atoms with Crippen LogP contribution < -0.4 is 9.64 Å². The molecule has 2 aromatic rings. The van der Waals surface area contributed by atoms with Crippen molar-refractivity contribution in [2.24, 2.45) is 5.92 Å². The number of rotatable bonds is 5. The number of aliphatic carboxylic acids is 1. The lowest BCUT2D eigenvalue weighted by Crippen LogP contribution is -2.25. The molecule has 0 aromatic heterocycles. The number of carbonyl (C=O) groups is 2. The Bertz CT molecular complexity index is 826. The summed E-state index contributed by atoms with van der Waals surface area (Å²) in [7, 11) is 0. The van der Waals surface area contributed by atoms with Crippen molar-refractivity contribution in [1.29, 1.82) is 0 Å². The summed E-state index contributed by atoms with van der Waals surface area (Å²) in [6.45, 7) is 6.48. The summed E-state index contributed by atoms with van der Waals surface area (Å²) in [4.78, 5) is 24.7. The predicted molar refractivity (Wildman–Crippen MR) is 99.9 cm³/mol. The molecular formula is C21H23NO4. The lowest BCUT2D eigenvalue weighted by Gasteiger charge is -2.18. The van der Waals surface area contributed by atoms with Gasteiger partial charge in [0.1, 0.15) is 11.5 Å². The normalized spacial score (nSPS) is 17.0. The number of anilines is 1. The maximum absolute atomic E-state index is 12.1. The van der Waals surface area contributed by atoms with Gasteiger partial charge in [-0.3, -0.25) is 9.59 Å². The molecule has 26 heavy (non-hydrogen) atoms. The topological polar surface area (TPSA) is 66.8 Å². The third-order valence-corrected chi connectivity index (χ3v) is 4.64. The van der Waals surface area contributed by atoms with E-state index in [1.54, 1.807) is 12.1 Å². The molecule has 0 radical (unpaired) electrons. The first-order chi connectivity index (χ1) is 12.3. The second kappa shape index (κ2) is 7.20. The zero-order chi connectivity index (χ0) is 18.8. The van der Waals surface area contributed by atoms with Crippen LogP contribution in [-0.2, 0) is 9.59 Å². The van der Waals surface area contributed by atoms with Crippen LogP contribution in [0.2, 0.25) is 0 Å². The number of carboxylic acids is 1. The molecule has 1 aliphatic heterocycles. The molecule has 136 valence electrons. The highest BCUT2D eigenvalue weighted by Crippen LogP contribution is 2.33. The molecule has 1 N–H and O–H groups in total. The number of aryl methyl sites for hydroxylation is 1. The average molecular weight is 353 g/mol. The third kappa shape index (κ3) is 3.72. The first kappa shape index (κ1) is 18.0. The van der Waals surface area contributed by atoms with E-state index in [1.807, 2.05) is 25.1 Å². The second-order valence-corrected chi connectivity index (χ2v) is 7.04. The van der Waals surface area contributed by atoms with Crippen LogP contribution in [-0.4, -0.2) is 23.5 Å². The molecule has 1 fully saturated rings. The van der Waals surface area contributed by atoms with Gasteiger partial charge in [0.2, 0.25) is 5.91 Å². The summed E-state index contributed by atoms with van der Waals surface area (Å²) in [5.41, 5.74) is 2.96. The van der Waals surface area contributed by atoms with Crippen LogP contribution in [0.15, 0.2) is 42.5 Å². The molecular weight excluding hydrogens is 330 g/mol. The number of nitrogens with zero attached hydrogens (tertiary/aromatic N) is 1. The maximum Gasteiger partial charge on any atom is 0.308 e. The van der Waals surface area contributed by atoms with Crippen molar-refractivity contribution in [1.82, 2.24) is 0 Å². The van der Waals surface area contributed by atoms with Crippen LogP contribution in [0.3, 0.4) is 0 Å². The first-order valence-electron chi connectivity index (χ1n) is 8.77. The molecule has 0 bridgehead atoms. The molecule has 0 aliphatic carbocycles. The summed E-state index contributed by atoms with van der Waals surface area (Å²) in [5, 5.41) is 9.10. The molecule has 1 saturated heterocycles. The standard InChI is InChI=1S/C21H23NO4/c1-13(2)18-9-4-14(3)10-19(18)26-17-7-5-16(6-8-17)22-12-15(21(24)25)11-20(22)23/h4-10,13,15H,11-12H2,1-3H3,(H,24,25)/t15-/m0/s1. The van der Waals surface area contributed by atoms with Gasteiger partial charge in [-0.1, -0.05) is 26.0 Å². The minimum atomic E-state index is -0.929. The Morgan fingerprint density at radius 2 is 1.88 bits per heavy atom. The second-order valence-electron chi connectivity index (χ2n) is 7.04. The van der Waals surface area contributed by atoms with E-state index in [9.17, 15) is 9.59 Å². The third-order valence-electron chi connectivity index (χ3n) is 4.64. The minimum Gasteiger partial charge on any atom is -0.481 e. The molecule has 1 heterocycles. The molecule has 5 heteroatoms. The smallest absolute Gasteiger partial charge is 0.308 e. The predicted octanol–water partition coefficient (Wildman–Crippen LogP) is 4.35. The summed E-state index contributed by atoms with van der Waals surface area (Å²) < 4.78 is 6.06. The molecule has 1 aliphatic rings. The number of hydrogen-bond acceptors (Lipinski definition) is 3. The van der Waals surface area contributed by atoms with Gasteiger partial charge in [0, 0.05) is 18.7 Å². The lowest BCUT2D eigenvalue weighted by molar-refractivity contribution is -0.141. The monoisotopic (exact) mass is 353 g/mol. The number of carbonyl (C=O) groups excluding carboxylic acids is 1. The van der Waals surface area contributed by atoms with Gasteiger partial charge >= 0.3 is 5.97 Å². The van der Waals surface area contributed by atoms with Crippen molar-refractivity contribution in [2.45, 2.75) is 33.1 Å². The Balaban J connectivity index is 1.78. The van der Waals surface area contributed by atoms with Gasteiger partial charge in [-0.15, -0.1) is 0 Å². The summed E-state index contributed by atoms with van der Waals surface area (Å²) in [5.74, 6) is 0.131. The van der Waals surface area contributed by atoms with Gasteiger partial charge < -0.3 is 14.7 Å². The highest BCUT2D eigenvalue weighted by molar-refractivity contribution is 5.99. The molecule has 0 unspecified atom stereocenters. The Morgan fingerprint density at radius 3 is 2.46 bits per heavy atom. The van der Waals surface area contributed by atoms with Crippen LogP contribution in [0.1, 0.15) is 37.3 Å². The van der Waals surface area contributed by atoms with Gasteiger partial charge in [0.25, 0.3) is 0 Å². The van der Waals surface area contributed by atoms with Crippen LogP contribution in [0.4, 0.5) is 5.69 Å². The number of ether oxygens (including phenoxy) is 1. The summed E-state index contributed by atoms with van der Waals surface area (Å²) in [6.07, 6.45) is 0.0502. The fourth-order valence-corrected chi connectivity index (χ4v) is 3.15. The molecule has 1 amide bonds. The fraction of sp³-hybridized carbons (Fsp3) is 0.333. The van der Waals surface area contributed by atoms with Crippen molar-refractivity contribution < 1.29 is 19.4 Å². The zero-order valence-corrected chi connectivity index (χ0v) is 15.2. The van der Waals surface area contributed by atoms with E-state index in [4.69, 9.17) is 9.84 Å². The van der Waals surface area contributed by atoms with E-state index in [2.05, 4.69) is 26.0 Å². The Hall–Kier alpha value is -2.82. The van der Waals surface area contributed by atoms with Crippen molar-refractivity contribution in [3.63, 3.8) is 0 Å². The Kier molecular flexibility index (Phi) is 4.98. The highest BCUT2D eigenvalue weighted by atomic mass is 16.5. The molecule has 2 aromatic carbocycles. The van der Waals surface area contributed by atoms with E-state index in [0.29, 0.717) is 17.4 Å². The Labute approximate surface area is 153 Å². The number of carboxylic acid groups (broad SMARTS) is 1. The van der Waals surface area contributed by atoms with E-state index in [-0.39, 0.29) is 18.9 Å². The molecule has 3 rings (SSSR count). The van der Waals surface area contributed by atoms with Crippen molar-refractivity contribution in [3.05, 3.63) is 53.6 Å². The Morgan fingerprint density at radius 1 is 1.19 bits per heavy atom. The van der Waals surface area contributed by atoms with E-state index >= 15 is 0 Å². The van der Waals surface area contributed by atoms with Gasteiger partial charge in [-0.05, 0) is 54.3 Å². The highest BCUT2D eigenvalue weighted by Gasteiger charge is 2.34. The SMILES string of the molecule is Cc1ccc(C(C)C)c(Oc2ccc(N3C[C@@H](C(=O)O)CC3=O)cc2)c1. The van der Waals surface area contributed by atoms with Crippen LogP contribution >= 0.6 is 0 Å². The number of amides is 1. The van der Waals surface area contributed by atoms with Crippen LogP contribution in [0.25, 0.3) is 0 Å². The van der Waals surface area contributed by atoms with Gasteiger partial charge in [0.05, 0.1) is 5.92 Å². The molecule has 0 saturated carbocycles. The van der Waals surface area contributed by atoms with Gasteiger partial charge in [-0.25, -0.2) is 0 Å². The first-order valence-corrected chi connectivity index (χ1v) is 8.77. The lowest BCUT2D eigenvalue weighted by atomic mass is 10.0. The summed E-state index contributed by atoms with van der Waals surface area (Å²) in [6, 6.07) is 13.4.